The van der Waals surface area contributed by atoms with Gasteiger partial charge in [-0.05, 0) is 37.5 Å². The van der Waals surface area contributed by atoms with Crippen LogP contribution in [0.3, 0.4) is 0 Å². The Balaban J connectivity index is 1.79. The average molecular weight is 349 g/mol. The molecule has 0 spiro atoms. The van der Waals surface area contributed by atoms with Crippen LogP contribution in [-0.4, -0.2) is 32.3 Å². The number of benzene rings is 1. The highest BCUT2D eigenvalue weighted by Crippen LogP contribution is 2.31. The minimum Gasteiger partial charge on any atom is -0.361 e. The van der Waals surface area contributed by atoms with Gasteiger partial charge in [0.2, 0.25) is 15.9 Å². The van der Waals surface area contributed by atoms with Crippen LogP contribution in [0.5, 0.6) is 0 Å². The summed E-state index contributed by atoms with van der Waals surface area (Å²) in [6.07, 6.45) is 2.91. The zero-order valence-electron chi connectivity index (χ0n) is 13.6. The molecule has 7 nitrogen and oxygen atoms in total. The summed E-state index contributed by atoms with van der Waals surface area (Å²) >= 11 is 0. The standard InChI is InChI=1S/C16H19N3O4S/c1-11-8-14(18-23-11)10-16(20)17-13-6-5-12-4-3-7-19(15(12)9-13)24(2,21)22/h5-6,8-9H,3-4,7,10H2,1-2H3,(H,17,20). The Hall–Kier alpha value is -2.35. The van der Waals surface area contributed by atoms with Crippen molar-refractivity contribution in [3.05, 3.63) is 41.3 Å². The van der Waals surface area contributed by atoms with Gasteiger partial charge in [-0.15, -0.1) is 0 Å². The van der Waals surface area contributed by atoms with Gasteiger partial charge in [0.15, 0.2) is 0 Å². The van der Waals surface area contributed by atoms with Crippen molar-refractivity contribution in [2.24, 2.45) is 0 Å². The molecule has 24 heavy (non-hydrogen) atoms. The summed E-state index contributed by atoms with van der Waals surface area (Å²) in [4.78, 5) is 12.1. The van der Waals surface area contributed by atoms with Gasteiger partial charge in [-0.1, -0.05) is 11.2 Å². The highest BCUT2D eigenvalue weighted by atomic mass is 32.2. The number of rotatable bonds is 4. The van der Waals surface area contributed by atoms with E-state index in [1.54, 1.807) is 25.1 Å². The Bertz CT molecular complexity index is 873. The molecule has 0 atom stereocenters. The van der Waals surface area contributed by atoms with E-state index in [1.165, 1.54) is 10.6 Å². The Morgan fingerprint density at radius 1 is 1.38 bits per heavy atom. The predicted molar refractivity (Wildman–Crippen MR) is 90.5 cm³/mol. The lowest BCUT2D eigenvalue weighted by Crippen LogP contribution is -2.34. The molecule has 1 aliphatic heterocycles. The lowest BCUT2D eigenvalue weighted by Gasteiger charge is -2.29. The number of fused-ring (bicyclic) bond motifs is 1. The zero-order chi connectivity index (χ0) is 17.3. The fourth-order valence-electron chi connectivity index (χ4n) is 2.83. The lowest BCUT2D eigenvalue weighted by molar-refractivity contribution is -0.115. The molecule has 0 fully saturated rings. The Morgan fingerprint density at radius 3 is 2.83 bits per heavy atom. The minimum atomic E-state index is -3.33. The lowest BCUT2D eigenvalue weighted by atomic mass is 10.0. The Kier molecular flexibility index (Phi) is 4.31. The number of sulfonamides is 1. The number of carbonyl (C=O) groups is 1. The third-order valence-electron chi connectivity index (χ3n) is 3.86. The van der Waals surface area contributed by atoms with Gasteiger partial charge in [0.05, 0.1) is 24.1 Å². The van der Waals surface area contributed by atoms with Crippen LogP contribution in [0.4, 0.5) is 11.4 Å². The number of amides is 1. The molecule has 2 aromatic rings. The van der Waals surface area contributed by atoms with Crippen LogP contribution in [0, 0.1) is 6.92 Å². The minimum absolute atomic E-state index is 0.101. The molecule has 0 aliphatic carbocycles. The van der Waals surface area contributed by atoms with Crippen molar-refractivity contribution in [3.63, 3.8) is 0 Å². The van der Waals surface area contributed by atoms with Crippen LogP contribution in [0.15, 0.2) is 28.8 Å². The van der Waals surface area contributed by atoms with Crippen LogP contribution in [-0.2, 0) is 27.7 Å². The van der Waals surface area contributed by atoms with Crippen molar-refractivity contribution < 1.29 is 17.7 Å². The largest absolute Gasteiger partial charge is 0.361 e. The zero-order valence-corrected chi connectivity index (χ0v) is 14.4. The summed E-state index contributed by atoms with van der Waals surface area (Å²) in [5.74, 6) is 0.417. The second kappa shape index (κ2) is 6.27. The molecule has 1 aromatic heterocycles. The maximum absolute atomic E-state index is 12.1. The van der Waals surface area contributed by atoms with E-state index in [2.05, 4.69) is 10.5 Å². The number of nitrogens with zero attached hydrogens (tertiary/aromatic N) is 2. The molecule has 0 unspecified atom stereocenters. The molecule has 1 aromatic carbocycles. The molecule has 128 valence electrons. The number of hydrogen-bond donors (Lipinski definition) is 1. The van der Waals surface area contributed by atoms with E-state index in [0.29, 0.717) is 29.4 Å². The number of nitrogens with one attached hydrogen (secondary N) is 1. The highest BCUT2D eigenvalue weighted by Gasteiger charge is 2.24. The molecule has 8 heteroatoms. The van der Waals surface area contributed by atoms with E-state index < -0.39 is 10.0 Å². The third-order valence-corrected chi connectivity index (χ3v) is 5.04. The number of aromatic nitrogens is 1. The maximum atomic E-state index is 12.1. The average Bonchev–Trinajstić information content (AvgIpc) is 2.90. The van der Waals surface area contributed by atoms with E-state index in [0.717, 1.165) is 18.4 Å². The molecule has 0 saturated heterocycles. The van der Waals surface area contributed by atoms with Crippen molar-refractivity contribution in [2.45, 2.75) is 26.2 Å². The summed E-state index contributed by atoms with van der Waals surface area (Å²) in [5.41, 5.74) is 2.73. The highest BCUT2D eigenvalue weighted by molar-refractivity contribution is 7.92. The van der Waals surface area contributed by atoms with Crippen molar-refractivity contribution in [3.8, 4) is 0 Å². The van der Waals surface area contributed by atoms with Gasteiger partial charge < -0.3 is 9.84 Å². The summed E-state index contributed by atoms with van der Waals surface area (Å²) < 4.78 is 30.2. The first kappa shape index (κ1) is 16.5. The van der Waals surface area contributed by atoms with E-state index >= 15 is 0 Å². The Labute approximate surface area is 140 Å². The van der Waals surface area contributed by atoms with E-state index in [1.807, 2.05) is 6.07 Å². The van der Waals surface area contributed by atoms with Gasteiger partial charge in [-0.25, -0.2) is 8.42 Å². The topological polar surface area (TPSA) is 92.5 Å². The monoisotopic (exact) mass is 349 g/mol. The van der Waals surface area contributed by atoms with Gasteiger partial charge in [0.1, 0.15) is 5.76 Å². The smallest absolute Gasteiger partial charge is 0.232 e. The van der Waals surface area contributed by atoms with Crippen molar-refractivity contribution in [1.82, 2.24) is 5.16 Å². The normalized spacial score (nSPS) is 14.3. The van der Waals surface area contributed by atoms with E-state index in [4.69, 9.17) is 4.52 Å². The number of hydrogen-bond acceptors (Lipinski definition) is 5. The van der Waals surface area contributed by atoms with Gasteiger partial charge >= 0.3 is 0 Å². The van der Waals surface area contributed by atoms with Crippen LogP contribution in [0.2, 0.25) is 0 Å². The van der Waals surface area contributed by atoms with Crippen molar-refractivity contribution >= 4 is 27.3 Å². The first-order valence-electron chi connectivity index (χ1n) is 7.65. The summed E-state index contributed by atoms with van der Waals surface area (Å²) in [6.45, 7) is 2.22. The van der Waals surface area contributed by atoms with Crippen LogP contribution < -0.4 is 9.62 Å². The molecule has 2 heterocycles. The second-order valence-electron chi connectivity index (χ2n) is 5.94. The SMILES string of the molecule is Cc1cc(CC(=O)Nc2ccc3c(c2)N(S(C)(=O)=O)CCC3)no1. The third kappa shape index (κ3) is 3.59. The summed E-state index contributed by atoms with van der Waals surface area (Å²) in [5, 5.41) is 6.57. The number of aryl methyl sites for hydroxylation is 2. The van der Waals surface area contributed by atoms with Crippen LogP contribution in [0.1, 0.15) is 23.4 Å². The summed E-state index contributed by atoms with van der Waals surface area (Å²) in [7, 11) is -3.33. The Morgan fingerprint density at radius 2 is 2.17 bits per heavy atom. The molecule has 3 rings (SSSR count). The molecule has 0 saturated carbocycles. The van der Waals surface area contributed by atoms with Gasteiger partial charge in [0, 0.05) is 18.3 Å². The fourth-order valence-corrected chi connectivity index (χ4v) is 3.82. The van der Waals surface area contributed by atoms with Crippen molar-refractivity contribution in [2.75, 3.05) is 22.4 Å². The van der Waals surface area contributed by atoms with Gasteiger partial charge in [-0.3, -0.25) is 9.10 Å². The maximum Gasteiger partial charge on any atom is 0.232 e. The quantitative estimate of drug-likeness (QED) is 0.910. The van der Waals surface area contributed by atoms with Gasteiger partial charge in [0.25, 0.3) is 0 Å². The van der Waals surface area contributed by atoms with Crippen molar-refractivity contribution in [1.29, 1.82) is 0 Å². The number of anilines is 2. The molecule has 1 N–H and O–H groups in total. The molecular formula is C16H19N3O4S. The van der Waals surface area contributed by atoms with Crippen LogP contribution in [0.25, 0.3) is 0 Å². The van der Waals surface area contributed by atoms with Gasteiger partial charge in [-0.2, -0.15) is 0 Å². The van der Waals surface area contributed by atoms with E-state index in [-0.39, 0.29) is 12.3 Å². The van der Waals surface area contributed by atoms with E-state index in [9.17, 15) is 13.2 Å². The molecule has 1 amide bonds. The second-order valence-corrected chi connectivity index (χ2v) is 7.84. The molecule has 1 aliphatic rings. The predicted octanol–water partition coefficient (Wildman–Crippen LogP) is 1.88. The fraction of sp³-hybridized carbons (Fsp3) is 0.375. The number of carbonyl (C=O) groups excluding carboxylic acids is 1. The molecule has 0 radical (unpaired) electrons. The first-order valence-corrected chi connectivity index (χ1v) is 9.50. The van der Waals surface area contributed by atoms with Crippen LogP contribution >= 0.6 is 0 Å². The first-order chi connectivity index (χ1) is 11.3. The summed E-state index contributed by atoms with van der Waals surface area (Å²) in [6, 6.07) is 7.07. The molecular weight excluding hydrogens is 330 g/mol. The molecule has 0 bridgehead atoms.